The van der Waals surface area contributed by atoms with Gasteiger partial charge in [0.05, 0.1) is 6.61 Å². The number of nitrogens with zero attached hydrogens (tertiary/aromatic N) is 2. The Morgan fingerprint density at radius 1 is 1.50 bits per heavy atom. The maximum absolute atomic E-state index is 5.18. The number of hydrogen-bond donors (Lipinski definition) is 0. The molecule has 0 radical (unpaired) electrons. The van der Waals surface area contributed by atoms with E-state index in [9.17, 15) is 0 Å². The first-order chi connectivity index (χ1) is 4.86. The molecule has 0 saturated heterocycles. The Bertz CT molecular complexity index is 264. The van der Waals surface area contributed by atoms with E-state index in [1.807, 2.05) is 6.07 Å². The third-order valence-corrected chi connectivity index (χ3v) is 1.94. The van der Waals surface area contributed by atoms with Crippen LogP contribution in [0.3, 0.4) is 0 Å². The van der Waals surface area contributed by atoms with Crippen molar-refractivity contribution in [3.8, 4) is 5.88 Å². The van der Waals surface area contributed by atoms with Crippen LogP contribution in [-0.4, -0.2) is 16.8 Å². The topological polar surface area (TPSA) is 35.0 Å². The maximum atomic E-state index is 5.18. The fourth-order valence-electron chi connectivity index (χ4n) is 0.950. The average Bonchev–Trinajstić information content (AvgIpc) is 2.33. The Kier molecular flexibility index (Phi) is 1.48. The van der Waals surface area contributed by atoms with E-state index >= 15 is 0 Å². The van der Waals surface area contributed by atoms with Crippen molar-refractivity contribution < 1.29 is 4.74 Å². The number of hydrogen-bond acceptors (Lipinski definition) is 3. The summed E-state index contributed by atoms with van der Waals surface area (Å²) in [6.07, 6.45) is 0.973. The zero-order valence-electron chi connectivity index (χ0n) is 5.17. The summed E-state index contributed by atoms with van der Waals surface area (Å²) in [5.41, 5.74) is 1.18. The SMILES string of the molecule is Ic1cc2c(nn1)OCC2. The monoisotopic (exact) mass is 248 g/mol. The van der Waals surface area contributed by atoms with Crippen LogP contribution in [0.25, 0.3) is 0 Å². The van der Waals surface area contributed by atoms with Crippen molar-refractivity contribution in [1.82, 2.24) is 10.2 Å². The highest BCUT2D eigenvalue weighted by molar-refractivity contribution is 14.1. The smallest absolute Gasteiger partial charge is 0.236 e. The van der Waals surface area contributed by atoms with Gasteiger partial charge < -0.3 is 4.74 Å². The number of fused-ring (bicyclic) bond motifs is 1. The van der Waals surface area contributed by atoms with Crippen LogP contribution in [0, 0.1) is 3.70 Å². The van der Waals surface area contributed by atoms with Gasteiger partial charge in [0.1, 0.15) is 3.70 Å². The normalized spacial score (nSPS) is 14.5. The molecule has 0 unspecified atom stereocenters. The van der Waals surface area contributed by atoms with E-state index in [-0.39, 0.29) is 0 Å². The van der Waals surface area contributed by atoms with Crippen LogP contribution >= 0.6 is 22.6 Å². The summed E-state index contributed by atoms with van der Waals surface area (Å²) >= 11 is 2.14. The number of aromatic nitrogens is 2. The van der Waals surface area contributed by atoms with Gasteiger partial charge in [-0.25, -0.2) is 0 Å². The second kappa shape index (κ2) is 2.34. The van der Waals surface area contributed by atoms with Crippen molar-refractivity contribution in [3.63, 3.8) is 0 Å². The average molecular weight is 248 g/mol. The lowest BCUT2D eigenvalue weighted by molar-refractivity contribution is 0.341. The van der Waals surface area contributed by atoms with Crippen molar-refractivity contribution in [3.05, 3.63) is 15.3 Å². The minimum atomic E-state index is 0.709. The van der Waals surface area contributed by atoms with Gasteiger partial charge in [-0.3, -0.25) is 0 Å². The highest BCUT2D eigenvalue weighted by Crippen LogP contribution is 2.21. The molecule has 2 heterocycles. The van der Waals surface area contributed by atoms with Crippen LogP contribution in [0.2, 0.25) is 0 Å². The van der Waals surface area contributed by atoms with Crippen LogP contribution in [-0.2, 0) is 6.42 Å². The summed E-state index contributed by atoms with van der Waals surface area (Å²) in [5, 5.41) is 7.74. The minimum absolute atomic E-state index is 0.709. The number of ether oxygens (including phenoxy) is 1. The molecule has 1 aliphatic rings. The molecule has 0 N–H and O–H groups in total. The second-order valence-corrected chi connectivity index (χ2v) is 3.20. The van der Waals surface area contributed by atoms with Gasteiger partial charge >= 0.3 is 0 Å². The van der Waals surface area contributed by atoms with Crippen LogP contribution in [0.5, 0.6) is 5.88 Å². The van der Waals surface area contributed by atoms with Gasteiger partial charge in [-0.15, -0.1) is 10.2 Å². The van der Waals surface area contributed by atoms with E-state index in [1.54, 1.807) is 0 Å². The van der Waals surface area contributed by atoms with E-state index in [0.29, 0.717) is 5.88 Å². The van der Waals surface area contributed by atoms with E-state index in [2.05, 4.69) is 32.8 Å². The fourth-order valence-corrected chi connectivity index (χ4v) is 1.43. The quantitative estimate of drug-likeness (QED) is 0.643. The van der Waals surface area contributed by atoms with Gasteiger partial charge in [0.25, 0.3) is 0 Å². The minimum Gasteiger partial charge on any atom is -0.476 e. The lowest BCUT2D eigenvalue weighted by Crippen LogP contribution is -1.90. The third kappa shape index (κ3) is 0.960. The third-order valence-electron chi connectivity index (χ3n) is 1.41. The summed E-state index contributed by atoms with van der Waals surface area (Å²) in [4.78, 5) is 0. The first kappa shape index (κ1) is 6.33. The second-order valence-electron chi connectivity index (χ2n) is 2.10. The molecule has 1 aromatic heterocycles. The predicted octanol–water partition coefficient (Wildman–Crippen LogP) is 1.02. The van der Waals surface area contributed by atoms with Crippen molar-refractivity contribution in [2.75, 3.05) is 6.61 Å². The maximum Gasteiger partial charge on any atom is 0.236 e. The summed E-state index contributed by atoms with van der Waals surface area (Å²) in [7, 11) is 0. The summed E-state index contributed by atoms with van der Waals surface area (Å²) in [6, 6.07) is 2.01. The van der Waals surface area contributed by atoms with E-state index in [0.717, 1.165) is 16.7 Å². The molecular formula is C6H5IN2O. The molecule has 0 bridgehead atoms. The molecule has 52 valence electrons. The molecule has 3 nitrogen and oxygen atoms in total. The molecule has 1 aromatic rings. The molecule has 10 heavy (non-hydrogen) atoms. The highest BCUT2D eigenvalue weighted by Gasteiger charge is 2.13. The molecule has 0 atom stereocenters. The summed E-state index contributed by atoms with van der Waals surface area (Å²) < 4.78 is 6.11. The first-order valence-corrected chi connectivity index (χ1v) is 4.09. The molecule has 0 saturated carbocycles. The van der Waals surface area contributed by atoms with Gasteiger partial charge in [-0.2, -0.15) is 0 Å². The first-order valence-electron chi connectivity index (χ1n) is 3.01. The standard InChI is InChI=1S/C6H5IN2O/c7-5-3-4-1-2-10-6(4)9-8-5/h3H,1-2H2. The number of halogens is 1. The molecule has 4 heteroatoms. The number of rotatable bonds is 0. The van der Waals surface area contributed by atoms with Gasteiger partial charge in [0.15, 0.2) is 0 Å². The Morgan fingerprint density at radius 3 is 3.30 bits per heavy atom. The zero-order valence-corrected chi connectivity index (χ0v) is 7.33. The van der Waals surface area contributed by atoms with Crippen molar-refractivity contribution >= 4 is 22.6 Å². The predicted molar refractivity (Wildman–Crippen MR) is 43.9 cm³/mol. The van der Waals surface area contributed by atoms with Crippen molar-refractivity contribution in [1.29, 1.82) is 0 Å². The molecule has 1 aliphatic heterocycles. The lowest BCUT2D eigenvalue weighted by Gasteiger charge is -1.93. The molecule has 2 rings (SSSR count). The molecule has 0 spiro atoms. The highest BCUT2D eigenvalue weighted by atomic mass is 127. The van der Waals surface area contributed by atoms with Crippen LogP contribution < -0.4 is 4.74 Å². The molecule has 0 amide bonds. The van der Waals surface area contributed by atoms with Crippen molar-refractivity contribution in [2.24, 2.45) is 0 Å². The van der Waals surface area contributed by atoms with Gasteiger partial charge in [0, 0.05) is 12.0 Å². The molecular weight excluding hydrogens is 243 g/mol. The molecule has 0 fully saturated rings. The van der Waals surface area contributed by atoms with Gasteiger partial charge in [-0.1, -0.05) is 0 Å². The summed E-state index contributed by atoms with van der Waals surface area (Å²) in [6.45, 7) is 0.754. The van der Waals surface area contributed by atoms with Crippen LogP contribution in [0.15, 0.2) is 6.07 Å². The zero-order chi connectivity index (χ0) is 6.97. The van der Waals surface area contributed by atoms with Gasteiger partial charge in [0.2, 0.25) is 5.88 Å². The molecule has 0 aliphatic carbocycles. The van der Waals surface area contributed by atoms with E-state index in [1.165, 1.54) is 5.56 Å². The Balaban J connectivity index is 2.52. The van der Waals surface area contributed by atoms with E-state index in [4.69, 9.17) is 4.74 Å². The van der Waals surface area contributed by atoms with E-state index < -0.39 is 0 Å². The van der Waals surface area contributed by atoms with Crippen molar-refractivity contribution in [2.45, 2.75) is 6.42 Å². The van der Waals surface area contributed by atoms with Gasteiger partial charge in [-0.05, 0) is 28.7 Å². The largest absolute Gasteiger partial charge is 0.476 e. The molecule has 0 aromatic carbocycles. The Labute approximate surface area is 71.9 Å². The fraction of sp³-hybridized carbons (Fsp3) is 0.333. The Hall–Kier alpha value is -0.390. The van der Waals surface area contributed by atoms with Crippen LogP contribution in [0.4, 0.5) is 0 Å². The lowest BCUT2D eigenvalue weighted by atomic mass is 10.2. The Morgan fingerprint density at radius 2 is 2.40 bits per heavy atom. The summed E-state index contributed by atoms with van der Waals surface area (Å²) in [5.74, 6) is 0.709. The van der Waals surface area contributed by atoms with Crippen LogP contribution in [0.1, 0.15) is 5.56 Å².